The molecule has 4 rings (SSSR count). The molecule has 28 heavy (non-hydrogen) atoms. The smallest absolute Gasteiger partial charge is 0.264 e. The van der Waals surface area contributed by atoms with Crippen LogP contribution in [0.4, 0.5) is 5.69 Å². The van der Waals surface area contributed by atoms with E-state index in [1.165, 1.54) is 0 Å². The standard InChI is InChI=1S/C24H21NO3/c26-22(19-11-5-2-6-12-19)17-24(28)20-13-7-8-14-21(20)25(23(24)27)16-15-18-9-3-1-4-10-18/h1-14,28H,15-17H2/t24-/m0/s1. The third-order valence-electron chi connectivity index (χ3n) is 5.22. The Bertz CT molecular complexity index is 1000. The predicted octanol–water partition coefficient (Wildman–Crippen LogP) is 3.74. The minimum Gasteiger partial charge on any atom is -0.375 e. The molecule has 4 heteroatoms. The zero-order valence-electron chi connectivity index (χ0n) is 15.4. The minimum atomic E-state index is -1.83. The van der Waals surface area contributed by atoms with Crippen molar-refractivity contribution >= 4 is 17.4 Å². The maximum atomic E-state index is 13.2. The number of nitrogens with zero attached hydrogens (tertiary/aromatic N) is 1. The molecule has 0 aromatic heterocycles. The number of hydrogen-bond acceptors (Lipinski definition) is 3. The highest BCUT2D eigenvalue weighted by Crippen LogP contribution is 2.42. The molecule has 0 bridgehead atoms. The Labute approximate surface area is 164 Å². The molecular formula is C24H21NO3. The summed E-state index contributed by atoms with van der Waals surface area (Å²) < 4.78 is 0. The lowest BCUT2D eigenvalue weighted by Crippen LogP contribution is -2.42. The fraction of sp³-hybridized carbons (Fsp3) is 0.167. The van der Waals surface area contributed by atoms with Crippen LogP contribution in [0, 0.1) is 0 Å². The molecule has 0 radical (unpaired) electrons. The first-order valence-corrected chi connectivity index (χ1v) is 9.35. The Morgan fingerprint density at radius 3 is 2.18 bits per heavy atom. The average molecular weight is 371 g/mol. The fourth-order valence-corrected chi connectivity index (χ4v) is 3.74. The summed E-state index contributed by atoms with van der Waals surface area (Å²) >= 11 is 0. The summed E-state index contributed by atoms with van der Waals surface area (Å²) in [6, 6.07) is 25.8. The molecule has 1 aliphatic heterocycles. The van der Waals surface area contributed by atoms with E-state index in [2.05, 4.69) is 0 Å². The van der Waals surface area contributed by atoms with Gasteiger partial charge in [0.25, 0.3) is 5.91 Å². The van der Waals surface area contributed by atoms with Crippen molar-refractivity contribution in [3.05, 3.63) is 102 Å². The Balaban J connectivity index is 1.61. The van der Waals surface area contributed by atoms with E-state index < -0.39 is 11.5 Å². The van der Waals surface area contributed by atoms with Crippen molar-refractivity contribution in [2.24, 2.45) is 0 Å². The summed E-state index contributed by atoms with van der Waals surface area (Å²) in [5.41, 5.74) is 0.942. The molecule has 1 heterocycles. The van der Waals surface area contributed by atoms with Gasteiger partial charge in [-0.15, -0.1) is 0 Å². The van der Waals surface area contributed by atoms with Gasteiger partial charge >= 0.3 is 0 Å². The molecule has 0 aliphatic carbocycles. The SMILES string of the molecule is O=C(C[C@@]1(O)C(=O)N(CCc2ccccc2)c2ccccc21)c1ccccc1. The molecule has 3 aromatic carbocycles. The van der Waals surface area contributed by atoms with E-state index in [9.17, 15) is 14.7 Å². The molecule has 3 aromatic rings. The van der Waals surface area contributed by atoms with Gasteiger partial charge in [-0.05, 0) is 18.1 Å². The number of rotatable bonds is 6. The van der Waals surface area contributed by atoms with Crippen LogP contribution < -0.4 is 4.90 Å². The molecule has 1 N–H and O–H groups in total. The average Bonchev–Trinajstić information content (AvgIpc) is 2.95. The zero-order chi connectivity index (χ0) is 19.6. The van der Waals surface area contributed by atoms with Crippen molar-refractivity contribution in [1.29, 1.82) is 0 Å². The normalized spacial score (nSPS) is 18.2. The third kappa shape index (κ3) is 3.23. The number of fused-ring (bicyclic) bond motifs is 1. The highest BCUT2D eigenvalue weighted by molar-refractivity contribution is 6.10. The van der Waals surface area contributed by atoms with Crippen LogP contribution in [0.3, 0.4) is 0 Å². The predicted molar refractivity (Wildman–Crippen MR) is 108 cm³/mol. The van der Waals surface area contributed by atoms with Crippen molar-refractivity contribution in [1.82, 2.24) is 0 Å². The van der Waals surface area contributed by atoms with E-state index in [-0.39, 0.29) is 12.2 Å². The molecule has 0 saturated carbocycles. The molecule has 0 spiro atoms. The lowest BCUT2D eigenvalue weighted by atomic mass is 9.88. The van der Waals surface area contributed by atoms with Crippen molar-refractivity contribution in [3.63, 3.8) is 0 Å². The summed E-state index contributed by atoms with van der Waals surface area (Å²) in [5, 5.41) is 11.3. The first-order chi connectivity index (χ1) is 13.6. The molecule has 0 fully saturated rings. The van der Waals surface area contributed by atoms with Gasteiger partial charge in [0.2, 0.25) is 0 Å². The quantitative estimate of drug-likeness (QED) is 0.672. The highest BCUT2D eigenvalue weighted by atomic mass is 16.3. The van der Waals surface area contributed by atoms with Crippen molar-refractivity contribution in [3.8, 4) is 0 Å². The number of aliphatic hydroxyl groups is 1. The molecule has 140 valence electrons. The van der Waals surface area contributed by atoms with Crippen molar-refractivity contribution in [2.75, 3.05) is 11.4 Å². The number of carbonyl (C=O) groups is 2. The molecule has 0 saturated heterocycles. The van der Waals surface area contributed by atoms with Gasteiger partial charge in [-0.1, -0.05) is 78.9 Å². The summed E-state index contributed by atoms with van der Waals surface area (Å²) in [7, 11) is 0. The summed E-state index contributed by atoms with van der Waals surface area (Å²) in [6.45, 7) is 0.446. The number of ketones is 1. The van der Waals surface area contributed by atoms with Crippen molar-refractivity contribution in [2.45, 2.75) is 18.4 Å². The Hall–Kier alpha value is -3.24. The van der Waals surface area contributed by atoms with Crippen LogP contribution in [0.25, 0.3) is 0 Å². The van der Waals surface area contributed by atoms with E-state index in [0.29, 0.717) is 29.8 Å². The molecule has 0 unspecified atom stereocenters. The number of hydrogen-bond donors (Lipinski definition) is 1. The Morgan fingerprint density at radius 1 is 0.857 bits per heavy atom. The van der Waals surface area contributed by atoms with Gasteiger partial charge < -0.3 is 10.0 Å². The van der Waals surface area contributed by atoms with Crippen LogP contribution >= 0.6 is 0 Å². The number of anilines is 1. The monoisotopic (exact) mass is 371 g/mol. The van der Waals surface area contributed by atoms with Crippen LogP contribution in [-0.4, -0.2) is 23.3 Å². The molecular weight excluding hydrogens is 350 g/mol. The maximum absolute atomic E-state index is 13.2. The van der Waals surface area contributed by atoms with E-state index >= 15 is 0 Å². The van der Waals surface area contributed by atoms with Crippen molar-refractivity contribution < 1.29 is 14.7 Å². The molecule has 1 aliphatic rings. The first kappa shape index (κ1) is 18.1. The van der Waals surface area contributed by atoms with Crippen LogP contribution in [0.5, 0.6) is 0 Å². The van der Waals surface area contributed by atoms with Gasteiger partial charge in [0, 0.05) is 17.7 Å². The minimum absolute atomic E-state index is 0.254. The Morgan fingerprint density at radius 2 is 1.46 bits per heavy atom. The number of carbonyl (C=O) groups excluding carboxylic acids is 2. The second kappa shape index (κ2) is 7.41. The molecule has 4 nitrogen and oxygen atoms in total. The summed E-state index contributed by atoms with van der Waals surface area (Å²) in [6.07, 6.45) is 0.401. The fourth-order valence-electron chi connectivity index (χ4n) is 3.74. The maximum Gasteiger partial charge on any atom is 0.264 e. The van der Waals surface area contributed by atoms with Gasteiger partial charge in [0.15, 0.2) is 11.4 Å². The van der Waals surface area contributed by atoms with E-state index in [1.54, 1.807) is 41.3 Å². The van der Waals surface area contributed by atoms with Gasteiger partial charge in [0.05, 0.1) is 12.1 Å². The van der Waals surface area contributed by atoms with Crippen LogP contribution in [0.1, 0.15) is 27.9 Å². The number of para-hydroxylation sites is 1. The first-order valence-electron chi connectivity index (χ1n) is 9.35. The van der Waals surface area contributed by atoms with Gasteiger partial charge in [-0.2, -0.15) is 0 Å². The number of Topliss-reactive ketones (excluding diaryl/α,β-unsaturated/α-hetero) is 1. The van der Waals surface area contributed by atoms with E-state index in [0.717, 1.165) is 5.56 Å². The summed E-state index contributed by atoms with van der Waals surface area (Å²) in [5.74, 6) is -0.690. The Kier molecular flexibility index (Phi) is 4.80. The van der Waals surface area contributed by atoms with Gasteiger partial charge in [-0.3, -0.25) is 9.59 Å². The van der Waals surface area contributed by atoms with Gasteiger partial charge in [0.1, 0.15) is 0 Å². The number of amides is 1. The zero-order valence-corrected chi connectivity index (χ0v) is 15.4. The van der Waals surface area contributed by atoms with Crippen LogP contribution in [0.2, 0.25) is 0 Å². The number of benzene rings is 3. The molecule has 1 atom stereocenters. The topological polar surface area (TPSA) is 57.6 Å². The summed E-state index contributed by atoms with van der Waals surface area (Å²) in [4.78, 5) is 27.5. The van der Waals surface area contributed by atoms with Crippen LogP contribution in [-0.2, 0) is 16.8 Å². The van der Waals surface area contributed by atoms with Crippen LogP contribution in [0.15, 0.2) is 84.9 Å². The molecule has 1 amide bonds. The third-order valence-corrected chi connectivity index (χ3v) is 5.22. The second-order valence-corrected chi connectivity index (χ2v) is 7.04. The second-order valence-electron chi connectivity index (χ2n) is 7.04. The highest BCUT2D eigenvalue weighted by Gasteiger charge is 2.50. The lowest BCUT2D eigenvalue weighted by Gasteiger charge is -2.23. The van der Waals surface area contributed by atoms with Gasteiger partial charge in [-0.25, -0.2) is 0 Å². The van der Waals surface area contributed by atoms with E-state index in [1.807, 2.05) is 48.5 Å². The largest absolute Gasteiger partial charge is 0.375 e. The lowest BCUT2D eigenvalue weighted by molar-refractivity contribution is -0.135. The van der Waals surface area contributed by atoms with E-state index in [4.69, 9.17) is 0 Å².